The Morgan fingerprint density at radius 2 is 2.09 bits per heavy atom. The minimum atomic E-state index is -4.47. The molecule has 0 unspecified atom stereocenters. The highest BCUT2D eigenvalue weighted by atomic mass is 19.4. The Labute approximate surface area is 182 Å². The van der Waals surface area contributed by atoms with E-state index < -0.39 is 18.8 Å². The molecule has 1 fully saturated rings. The van der Waals surface area contributed by atoms with E-state index in [0.717, 1.165) is 34.6 Å². The van der Waals surface area contributed by atoms with E-state index in [-0.39, 0.29) is 0 Å². The third kappa shape index (κ3) is 5.37. The predicted molar refractivity (Wildman–Crippen MR) is 115 cm³/mol. The molecule has 0 bridgehead atoms. The summed E-state index contributed by atoms with van der Waals surface area (Å²) in [7, 11) is 1.53. The van der Waals surface area contributed by atoms with Crippen LogP contribution >= 0.6 is 0 Å². The van der Waals surface area contributed by atoms with Crippen molar-refractivity contribution in [1.82, 2.24) is 14.7 Å². The Hall–Kier alpha value is -3.56. The molecule has 0 aliphatic heterocycles. The summed E-state index contributed by atoms with van der Waals surface area (Å²) in [6.07, 6.45) is 2.40. The van der Waals surface area contributed by atoms with Crippen LogP contribution in [-0.4, -0.2) is 41.0 Å². The van der Waals surface area contributed by atoms with E-state index in [0.29, 0.717) is 11.6 Å². The van der Waals surface area contributed by atoms with Crippen molar-refractivity contribution in [3.05, 3.63) is 54.4 Å². The van der Waals surface area contributed by atoms with Crippen molar-refractivity contribution < 1.29 is 22.8 Å². The van der Waals surface area contributed by atoms with Gasteiger partial charge in [0.15, 0.2) is 0 Å². The number of urea groups is 1. The number of halogens is 3. The summed E-state index contributed by atoms with van der Waals surface area (Å²) in [6, 6.07) is 9.78. The lowest BCUT2D eigenvalue weighted by molar-refractivity contribution is -0.122. The first-order chi connectivity index (χ1) is 15.3. The molecule has 0 atom stereocenters. The van der Waals surface area contributed by atoms with Gasteiger partial charge in [0.2, 0.25) is 0 Å². The Balaban J connectivity index is 1.54. The minimum Gasteiger partial charge on any atom is -0.399 e. The molecule has 2 N–H and O–H groups in total. The van der Waals surface area contributed by atoms with Crippen molar-refractivity contribution in [3.8, 4) is 11.3 Å². The zero-order valence-corrected chi connectivity index (χ0v) is 17.3. The highest BCUT2D eigenvalue weighted by molar-refractivity contribution is 6.01. The van der Waals surface area contributed by atoms with Gasteiger partial charge in [0.25, 0.3) is 0 Å². The topological polar surface area (TPSA) is 80.0 Å². The number of hydrogen-bond donors (Lipinski definition) is 2. The Kier molecular flexibility index (Phi) is 6.02. The summed E-state index contributed by atoms with van der Waals surface area (Å²) in [5.41, 5.74) is 4.45. The van der Waals surface area contributed by atoms with Gasteiger partial charge >= 0.3 is 12.2 Å². The van der Waals surface area contributed by atoms with Gasteiger partial charge in [-0.2, -0.15) is 13.2 Å². The van der Waals surface area contributed by atoms with Gasteiger partial charge in [-0.1, -0.05) is 17.3 Å². The number of fused-ring (bicyclic) bond motifs is 1. The number of benzene rings is 1. The highest BCUT2D eigenvalue weighted by Gasteiger charge is 2.27. The standard InChI is InChI=1S/C22H22F3N5O2/c1-32-29-18(9-14-5-6-14)15-7-8-30-19(12-26-20(30)11-15)16-3-2-4-17(10-16)28-21(31)27-13-22(23,24)25/h2-4,7-8,10-12,14H,5-6,9,13H2,1H3,(H2,27,28,31)/b29-18+. The van der Waals surface area contributed by atoms with Crippen LogP contribution in [0.15, 0.2) is 53.9 Å². The number of nitrogens with one attached hydrogen (secondary N) is 2. The highest BCUT2D eigenvalue weighted by Crippen LogP contribution is 2.34. The summed E-state index contributed by atoms with van der Waals surface area (Å²) in [5.74, 6) is 0.652. The molecule has 7 nitrogen and oxygen atoms in total. The Morgan fingerprint density at radius 3 is 2.81 bits per heavy atom. The molecule has 1 aliphatic carbocycles. The number of pyridine rings is 1. The number of aromatic nitrogens is 2. The van der Waals surface area contributed by atoms with Crippen LogP contribution in [0.1, 0.15) is 24.8 Å². The third-order valence-corrected chi connectivity index (χ3v) is 5.09. The fourth-order valence-electron chi connectivity index (χ4n) is 3.40. The van der Waals surface area contributed by atoms with Crippen LogP contribution in [0.3, 0.4) is 0 Å². The number of carbonyl (C=O) groups is 1. The normalized spacial score (nSPS) is 14.4. The van der Waals surface area contributed by atoms with Crippen LogP contribution in [0.2, 0.25) is 0 Å². The predicted octanol–water partition coefficient (Wildman–Crippen LogP) is 4.84. The second kappa shape index (κ2) is 8.89. The first kappa shape index (κ1) is 21.7. The van der Waals surface area contributed by atoms with E-state index in [1.165, 1.54) is 20.0 Å². The minimum absolute atomic E-state index is 0.368. The van der Waals surface area contributed by atoms with E-state index >= 15 is 0 Å². The van der Waals surface area contributed by atoms with E-state index in [1.54, 1.807) is 29.7 Å². The largest absolute Gasteiger partial charge is 0.405 e. The van der Waals surface area contributed by atoms with E-state index in [1.807, 2.05) is 28.8 Å². The van der Waals surface area contributed by atoms with Gasteiger partial charge in [0.05, 0.1) is 17.6 Å². The summed E-state index contributed by atoms with van der Waals surface area (Å²) in [4.78, 5) is 21.2. The molecule has 168 valence electrons. The molecule has 3 aromatic rings. The molecule has 0 saturated heterocycles. The number of amides is 2. The third-order valence-electron chi connectivity index (χ3n) is 5.09. The number of nitrogens with zero attached hydrogens (tertiary/aromatic N) is 3. The van der Waals surface area contributed by atoms with Crippen LogP contribution in [0.5, 0.6) is 0 Å². The molecule has 2 heterocycles. The fourth-order valence-corrected chi connectivity index (χ4v) is 3.40. The number of rotatable bonds is 7. The summed E-state index contributed by atoms with van der Waals surface area (Å²) in [5, 5.41) is 8.38. The lowest BCUT2D eigenvalue weighted by Crippen LogP contribution is -2.36. The molecular weight excluding hydrogens is 423 g/mol. The Morgan fingerprint density at radius 1 is 1.28 bits per heavy atom. The number of anilines is 1. The van der Waals surface area contributed by atoms with E-state index in [9.17, 15) is 18.0 Å². The maximum Gasteiger partial charge on any atom is 0.405 e. The van der Waals surface area contributed by atoms with Crippen molar-refractivity contribution in [2.75, 3.05) is 19.0 Å². The lowest BCUT2D eigenvalue weighted by Gasteiger charge is -2.11. The molecule has 0 radical (unpaired) electrons. The number of carbonyl (C=O) groups excluding carboxylic acids is 1. The molecule has 2 aromatic heterocycles. The number of imidazole rings is 1. The second-order valence-electron chi connectivity index (χ2n) is 7.66. The van der Waals surface area contributed by atoms with Crippen molar-refractivity contribution in [1.29, 1.82) is 0 Å². The molecule has 1 aromatic carbocycles. The molecule has 32 heavy (non-hydrogen) atoms. The molecule has 1 saturated carbocycles. The molecule has 10 heteroatoms. The zero-order chi connectivity index (χ0) is 22.7. The van der Waals surface area contributed by atoms with Crippen molar-refractivity contribution in [3.63, 3.8) is 0 Å². The van der Waals surface area contributed by atoms with Crippen LogP contribution in [0.4, 0.5) is 23.7 Å². The van der Waals surface area contributed by atoms with Gasteiger partial charge in [-0.25, -0.2) is 9.78 Å². The smallest absolute Gasteiger partial charge is 0.399 e. The van der Waals surface area contributed by atoms with Crippen molar-refractivity contribution in [2.45, 2.75) is 25.4 Å². The summed E-state index contributed by atoms with van der Waals surface area (Å²) >= 11 is 0. The quantitative estimate of drug-likeness (QED) is 0.404. The summed E-state index contributed by atoms with van der Waals surface area (Å²) in [6.45, 7) is -1.40. The first-order valence-electron chi connectivity index (χ1n) is 10.1. The zero-order valence-electron chi connectivity index (χ0n) is 17.3. The monoisotopic (exact) mass is 445 g/mol. The average Bonchev–Trinajstić information content (AvgIpc) is 3.47. The molecule has 4 rings (SSSR count). The molecule has 0 spiro atoms. The summed E-state index contributed by atoms with van der Waals surface area (Å²) < 4.78 is 38.7. The van der Waals surface area contributed by atoms with Crippen molar-refractivity contribution in [2.24, 2.45) is 11.1 Å². The van der Waals surface area contributed by atoms with Crippen LogP contribution in [-0.2, 0) is 4.84 Å². The average molecular weight is 445 g/mol. The van der Waals surface area contributed by atoms with Gasteiger partial charge in [-0.05, 0) is 49.4 Å². The number of hydrogen-bond acceptors (Lipinski definition) is 4. The lowest BCUT2D eigenvalue weighted by atomic mass is 10.1. The number of alkyl halides is 3. The van der Waals surface area contributed by atoms with Gasteiger partial charge in [0.1, 0.15) is 19.3 Å². The van der Waals surface area contributed by atoms with Gasteiger partial charge in [0, 0.05) is 23.0 Å². The molecule has 1 aliphatic rings. The Bertz CT molecular complexity index is 1150. The first-order valence-corrected chi connectivity index (χ1v) is 10.1. The van der Waals surface area contributed by atoms with E-state index in [2.05, 4.69) is 15.5 Å². The van der Waals surface area contributed by atoms with Crippen molar-refractivity contribution >= 4 is 23.1 Å². The SMILES string of the molecule is CO/N=C(\CC1CC1)c1ccn2c(-c3cccc(NC(=O)NCC(F)(F)F)c3)cnc2c1. The maximum atomic E-state index is 12.3. The van der Waals surface area contributed by atoms with Gasteiger partial charge in [-0.15, -0.1) is 0 Å². The fraction of sp³-hybridized carbons (Fsp3) is 0.318. The molecular formula is C22H22F3N5O2. The van der Waals surface area contributed by atoms with E-state index in [4.69, 9.17) is 4.84 Å². The second-order valence-corrected chi connectivity index (χ2v) is 7.66. The molecule has 2 amide bonds. The van der Waals surface area contributed by atoms with Crippen LogP contribution in [0, 0.1) is 5.92 Å². The maximum absolute atomic E-state index is 12.3. The number of oxime groups is 1. The van der Waals surface area contributed by atoms with Crippen LogP contribution < -0.4 is 10.6 Å². The van der Waals surface area contributed by atoms with Gasteiger partial charge < -0.3 is 15.5 Å². The van der Waals surface area contributed by atoms with Crippen LogP contribution in [0.25, 0.3) is 16.9 Å². The van der Waals surface area contributed by atoms with Gasteiger partial charge in [-0.3, -0.25) is 4.40 Å².